The molecule has 0 N–H and O–H groups in total. The summed E-state index contributed by atoms with van der Waals surface area (Å²) in [4.78, 5) is 27.1. The van der Waals surface area contributed by atoms with Crippen molar-refractivity contribution in [2.24, 2.45) is 0 Å². The van der Waals surface area contributed by atoms with Crippen LogP contribution in [-0.4, -0.2) is 11.7 Å². The lowest BCUT2D eigenvalue weighted by Crippen LogP contribution is -2.26. The first-order valence-electron chi connectivity index (χ1n) is 7.21. The van der Waals surface area contributed by atoms with Crippen LogP contribution in [0.3, 0.4) is 0 Å². The van der Waals surface area contributed by atoms with Gasteiger partial charge in [-0.25, -0.2) is 4.39 Å². The van der Waals surface area contributed by atoms with Crippen molar-refractivity contribution < 1.29 is 14.0 Å². The fourth-order valence-corrected chi connectivity index (χ4v) is 3.35. The fraction of sp³-hybridized carbons (Fsp3) is 0.111. The molecule has 0 radical (unpaired) electrons. The first-order chi connectivity index (χ1) is 11.1. The van der Waals surface area contributed by atoms with Crippen LogP contribution in [0.1, 0.15) is 23.7 Å². The molecule has 1 amide bonds. The van der Waals surface area contributed by atoms with Crippen molar-refractivity contribution >= 4 is 29.1 Å². The van der Waals surface area contributed by atoms with Crippen molar-refractivity contribution in [1.82, 2.24) is 0 Å². The van der Waals surface area contributed by atoms with Crippen molar-refractivity contribution in [3.63, 3.8) is 0 Å². The van der Waals surface area contributed by atoms with Gasteiger partial charge < -0.3 is 0 Å². The molecular weight excluding hydrogens is 313 g/mol. The summed E-state index contributed by atoms with van der Waals surface area (Å²) in [5.41, 5.74) is 0.761. The van der Waals surface area contributed by atoms with E-state index < -0.39 is 5.82 Å². The van der Waals surface area contributed by atoms with Crippen LogP contribution in [0.5, 0.6) is 0 Å². The lowest BCUT2D eigenvalue weighted by Gasteiger charge is -2.19. The summed E-state index contributed by atoms with van der Waals surface area (Å²) < 4.78 is 14.1. The Morgan fingerprint density at radius 3 is 2.57 bits per heavy atom. The molecule has 0 spiro atoms. The average molecular weight is 327 g/mol. The summed E-state index contributed by atoms with van der Waals surface area (Å²) in [6.45, 7) is 1.70. The van der Waals surface area contributed by atoms with Crippen LogP contribution in [0.4, 0.5) is 10.1 Å². The van der Waals surface area contributed by atoms with Gasteiger partial charge in [-0.3, -0.25) is 14.5 Å². The van der Waals surface area contributed by atoms with E-state index in [2.05, 4.69) is 0 Å². The Balaban J connectivity index is 2.02. The van der Waals surface area contributed by atoms with Gasteiger partial charge in [0.2, 0.25) is 11.7 Å². The minimum absolute atomic E-state index is 0.143. The maximum atomic E-state index is 14.1. The standard InChI is InChI=1S/C18H14FNO2S/c1-2-17(21)20(14-9-5-4-8-13(14)19)11-16-18(22)12-7-3-6-10-15(12)23-16/h3-11H,2H2,1H3. The second kappa shape index (κ2) is 6.38. The van der Waals surface area contributed by atoms with Crippen LogP contribution >= 0.6 is 11.8 Å². The molecule has 0 aliphatic carbocycles. The molecule has 3 nitrogen and oxygen atoms in total. The number of carbonyl (C=O) groups excluding carboxylic acids is 2. The number of rotatable bonds is 3. The Morgan fingerprint density at radius 1 is 1.17 bits per heavy atom. The molecule has 0 bridgehead atoms. The third-order valence-electron chi connectivity index (χ3n) is 3.50. The third kappa shape index (κ3) is 2.92. The number of nitrogens with zero attached hydrogens (tertiary/aromatic N) is 1. The highest BCUT2D eigenvalue weighted by molar-refractivity contribution is 8.04. The number of ketones is 1. The van der Waals surface area contributed by atoms with Gasteiger partial charge in [0.25, 0.3) is 0 Å². The number of halogens is 1. The monoisotopic (exact) mass is 327 g/mol. The number of amides is 1. The molecule has 23 heavy (non-hydrogen) atoms. The van der Waals surface area contributed by atoms with Crippen LogP contribution < -0.4 is 4.90 Å². The van der Waals surface area contributed by atoms with Crippen LogP contribution in [0.2, 0.25) is 0 Å². The molecule has 116 valence electrons. The Morgan fingerprint density at radius 2 is 1.87 bits per heavy atom. The minimum Gasteiger partial charge on any atom is -0.288 e. The van der Waals surface area contributed by atoms with E-state index in [9.17, 15) is 14.0 Å². The molecule has 0 aromatic heterocycles. The predicted molar refractivity (Wildman–Crippen MR) is 88.9 cm³/mol. The van der Waals surface area contributed by atoms with Gasteiger partial charge in [-0.2, -0.15) is 0 Å². The van der Waals surface area contributed by atoms with E-state index in [1.165, 1.54) is 35.0 Å². The molecule has 3 rings (SSSR count). The number of Topliss-reactive ketones (excluding diaryl/α,β-unsaturated/α-hetero) is 1. The van der Waals surface area contributed by atoms with E-state index in [1.807, 2.05) is 12.1 Å². The number of anilines is 1. The van der Waals surface area contributed by atoms with Crippen LogP contribution in [0.15, 0.2) is 64.5 Å². The van der Waals surface area contributed by atoms with Gasteiger partial charge in [0.05, 0.1) is 10.6 Å². The van der Waals surface area contributed by atoms with Crippen molar-refractivity contribution in [3.8, 4) is 0 Å². The highest BCUT2D eigenvalue weighted by atomic mass is 32.2. The highest BCUT2D eigenvalue weighted by Crippen LogP contribution is 2.40. The maximum absolute atomic E-state index is 14.1. The number of hydrogen-bond donors (Lipinski definition) is 0. The lowest BCUT2D eigenvalue weighted by molar-refractivity contribution is -0.117. The molecule has 2 aromatic rings. The van der Waals surface area contributed by atoms with E-state index in [-0.39, 0.29) is 23.8 Å². The lowest BCUT2D eigenvalue weighted by atomic mass is 10.1. The summed E-state index contributed by atoms with van der Waals surface area (Å²) in [6, 6.07) is 13.3. The van der Waals surface area contributed by atoms with Crippen molar-refractivity contribution in [3.05, 3.63) is 71.0 Å². The topological polar surface area (TPSA) is 37.4 Å². The molecule has 0 fully saturated rings. The number of allylic oxidation sites excluding steroid dienone is 1. The molecule has 5 heteroatoms. The highest BCUT2D eigenvalue weighted by Gasteiger charge is 2.27. The van der Waals surface area contributed by atoms with Crippen molar-refractivity contribution in [2.75, 3.05) is 4.90 Å². The quantitative estimate of drug-likeness (QED) is 0.784. The number of benzene rings is 2. The van der Waals surface area contributed by atoms with E-state index in [4.69, 9.17) is 0 Å². The van der Waals surface area contributed by atoms with E-state index in [0.29, 0.717) is 10.5 Å². The second-order valence-corrected chi connectivity index (χ2v) is 6.07. The minimum atomic E-state index is -0.501. The summed E-state index contributed by atoms with van der Waals surface area (Å²) in [5.74, 6) is -0.915. The van der Waals surface area contributed by atoms with Gasteiger partial charge in [-0.15, -0.1) is 0 Å². The van der Waals surface area contributed by atoms with Gasteiger partial charge in [0.1, 0.15) is 5.82 Å². The van der Waals surface area contributed by atoms with Crippen LogP contribution in [0.25, 0.3) is 0 Å². The number of thioether (sulfide) groups is 1. The molecule has 2 aromatic carbocycles. The zero-order chi connectivity index (χ0) is 16.4. The maximum Gasteiger partial charge on any atom is 0.230 e. The molecule has 1 aliphatic rings. The van der Waals surface area contributed by atoms with Crippen LogP contribution in [-0.2, 0) is 4.79 Å². The summed E-state index contributed by atoms with van der Waals surface area (Å²) in [7, 11) is 0. The Labute approximate surface area is 137 Å². The first kappa shape index (κ1) is 15.5. The summed E-state index contributed by atoms with van der Waals surface area (Å²) >= 11 is 1.30. The molecule has 0 saturated heterocycles. The molecule has 0 saturated carbocycles. The second-order valence-electron chi connectivity index (χ2n) is 4.99. The molecule has 1 heterocycles. The zero-order valence-electron chi connectivity index (χ0n) is 12.5. The SMILES string of the molecule is CCC(=O)N(C=C1Sc2ccccc2C1=O)c1ccccc1F. The zero-order valence-corrected chi connectivity index (χ0v) is 13.3. The molecule has 0 unspecified atom stereocenters. The number of para-hydroxylation sites is 1. The molecular formula is C18H14FNO2S. The van der Waals surface area contributed by atoms with Gasteiger partial charge >= 0.3 is 0 Å². The summed E-state index contributed by atoms with van der Waals surface area (Å²) in [5, 5.41) is 0. The largest absolute Gasteiger partial charge is 0.288 e. The van der Waals surface area contributed by atoms with Gasteiger partial charge in [0.15, 0.2) is 0 Å². The van der Waals surface area contributed by atoms with E-state index in [0.717, 1.165) is 4.90 Å². The van der Waals surface area contributed by atoms with Crippen LogP contribution in [0, 0.1) is 5.82 Å². The Hall–Kier alpha value is -2.40. The van der Waals surface area contributed by atoms with Crippen molar-refractivity contribution in [1.29, 1.82) is 0 Å². The smallest absolute Gasteiger partial charge is 0.230 e. The van der Waals surface area contributed by atoms with Gasteiger partial charge in [0, 0.05) is 23.1 Å². The van der Waals surface area contributed by atoms with Gasteiger partial charge in [-0.05, 0) is 24.3 Å². The number of hydrogen-bond acceptors (Lipinski definition) is 3. The first-order valence-corrected chi connectivity index (χ1v) is 8.03. The van der Waals surface area contributed by atoms with E-state index >= 15 is 0 Å². The fourth-order valence-electron chi connectivity index (χ4n) is 2.34. The summed E-state index contributed by atoms with van der Waals surface area (Å²) in [6.07, 6.45) is 1.65. The number of fused-ring (bicyclic) bond motifs is 1. The average Bonchev–Trinajstić information content (AvgIpc) is 2.89. The molecule has 0 atom stereocenters. The number of carbonyl (C=O) groups is 2. The normalized spacial score (nSPS) is 14.9. The third-order valence-corrected chi connectivity index (χ3v) is 4.59. The van der Waals surface area contributed by atoms with Crippen molar-refractivity contribution in [2.45, 2.75) is 18.2 Å². The molecule has 1 aliphatic heterocycles. The Bertz CT molecular complexity index is 816. The van der Waals surface area contributed by atoms with Gasteiger partial charge in [-0.1, -0.05) is 43.0 Å². The predicted octanol–water partition coefficient (Wildman–Crippen LogP) is 4.40. The Kier molecular flexibility index (Phi) is 4.30. The van der Waals surface area contributed by atoms with E-state index in [1.54, 1.807) is 31.2 Å².